The fourth-order valence-corrected chi connectivity index (χ4v) is 5.88. The van der Waals surface area contributed by atoms with Crippen LogP contribution in [0.25, 0.3) is 0 Å². The van der Waals surface area contributed by atoms with Gasteiger partial charge in [0.15, 0.2) is 5.78 Å². The number of nitrogens with one attached hydrogen (secondary N) is 1. The van der Waals surface area contributed by atoms with Crippen LogP contribution in [0.15, 0.2) is 24.3 Å². The molecule has 3 aliphatic rings. The summed E-state index contributed by atoms with van der Waals surface area (Å²) in [5.41, 5.74) is 1.63. The van der Waals surface area contributed by atoms with Crippen LogP contribution < -0.4 is 10.2 Å². The maximum absolute atomic E-state index is 13.7. The molecule has 0 aromatic heterocycles. The molecule has 4 unspecified atom stereocenters. The number of carbonyl (C=O) groups excluding carboxylic acids is 4. The standard InChI is InChI=1S/C29H42N4O4/c1-5-20(4)17-26(35)33-18-25(34)27-24(33)12-15-32(27)29(37)23(16-19(2)3)30-28(36)21-8-10-22(11-9-21)31-13-6-7-14-31/h8-11,19-20,23-24,27H,5-7,12-18H2,1-4H3,(H,30,36). The maximum atomic E-state index is 13.7. The molecule has 0 aliphatic carbocycles. The second-order valence-corrected chi connectivity index (χ2v) is 11.4. The van der Waals surface area contributed by atoms with Gasteiger partial charge < -0.3 is 20.0 Å². The molecule has 3 amide bonds. The Labute approximate surface area is 220 Å². The van der Waals surface area contributed by atoms with Gasteiger partial charge in [-0.25, -0.2) is 0 Å². The Kier molecular flexibility index (Phi) is 8.55. The van der Waals surface area contributed by atoms with Gasteiger partial charge in [-0.05, 0) is 61.8 Å². The lowest BCUT2D eigenvalue weighted by Gasteiger charge is -2.29. The predicted octanol–water partition coefficient (Wildman–Crippen LogP) is 3.25. The lowest BCUT2D eigenvalue weighted by Crippen LogP contribution is -2.53. The molecule has 1 N–H and O–H groups in total. The highest BCUT2D eigenvalue weighted by molar-refractivity contribution is 6.01. The second kappa shape index (κ2) is 11.7. The molecule has 0 saturated carbocycles. The number of ketones is 1. The van der Waals surface area contributed by atoms with Crippen molar-refractivity contribution in [1.29, 1.82) is 0 Å². The van der Waals surface area contributed by atoms with E-state index in [1.54, 1.807) is 9.80 Å². The first kappa shape index (κ1) is 27.1. The fraction of sp³-hybridized carbons (Fsp3) is 0.655. The Bertz CT molecular complexity index is 1000. The maximum Gasteiger partial charge on any atom is 0.251 e. The van der Waals surface area contributed by atoms with Crippen LogP contribution >= 0.6 is 0 Å². The molecule has 1 aromatic rings. The molecule has 4 rings (SSSR count). The van der Waals surface area contributed by atoms with Crippen molar-refractivity contribution in [3.63, 3.8) is 0 Å². The van der Waals surface area contributed by atoms with Crippen LogP contribution in [0.4, 0.5) is 5.69 Å². The van der Waals surface area contributed by atoms with E-state index in [4.69, 9.17) is 0 Å². The van der Waals surface area contributed by atoms with Crippen LogP contribution in [-0.2, 0) is 14.4 Å². The topological polar surface area (TPSA) is 90.0 Å². The van der Waals surface area contributed by atoms with E-state index in [0.717, 1.165) is 25.2 Å². The molecular weight excluding hydrogens is 468 g/mol. The van der Waals surface area contributed by atoms with E-state index >= 15 is 0 Å². The van der Waals surface area contributed by atoms with Crippen LogP contribution in [0.1, 0.15) is 76.6 Å². The Balaban J connectivity index is 1.44. The summed E-state index contributed by atoms with van der Waals surface area (Å²) in [6, 6.07) is 5.96. The number of carbonyl (C=O) groups is 4. The van der Waals surface area contributed by atoms with Gasteiger partial charge >= 0.3 is 0 Å². The van der Waals surface area contributed by atoms with Gasteiger partial charge in [-0.3, -0.25) is 19.2 Å². The Hall–Kier alpha value is -2.90. The number of nitrogens with zero attached hydrogens (tertiary/aromatic N) is 3. The van der Waals surface area contributed by atoms with E-state index < -0.39 is 12.1 Å². The van der Waals surface area contributed by atoms with E-state index in [-0.39, 0.29) is 47.9 Å². The predicted molar refractivity (Wildman–Crippen MR) is 143 cm³/mol. The zero-order chi connectivity index (χ0) is 26.7. The molecule has 8 heteroatoms. The highest BCUT2D eigenvalue weighted by Crippen LogP contribution is 2.32. The summed E-state index contributed by atoms with van der Waals surface area (Å²) in [4.78, 5) is 58.3. The van der Waals surface area contributed by atoms with Crippen molar-refractivity contribution in [3.8, 4) is 0 Å². The van der Waals surface area contributed by atoms with Crippen molar-refractivity contribution in [2.24, 2.45) is 11.8 Å². The van der Waals surface area contributed by atoms with Gasteiger partial charge in [0.2, 0.25) is 11.8 Å². The number of Topliss-reactive ketones (excluding diaryl/α,β-unsaturated/α-hetero) is 1. The third-order valence-corrected chi connectivity index (χ3v) is 8.16. The van der Waals surface area contributed by atoms with Crippen molar-refractivity contribution in [2.75, 3.05) is 31.1 Å². The van der Waals surface area contributed by atoms with Crippen LogP contribution in [-0.4, -0.2) is 77.6 Å². The van der Waals surface area contributed by atoms with Crippen LogP contribution in [0.3, 0.4) is 0 Å². The van der Waals surface area contributed by atoms with Gasteiger partial charge in [-0.2, -0.15) is 0 Å². The van der Waals surface area contributed by atoms with Crippen molar-refractivity contribution in [1.82, 2.24) is 15.1 Å². The van der Waals surface area contributed by atoms with Gasteiger partial charge in [0, 0.05) is 37.3 Å². The number of rotatable bonds is 9. The summed E-state index contributed by atoms with van der Waals surface area (Å²) in [6.45, 7) is 10.7. The van der Waals surface area contributed by atoms with E-state index in [1.807, 2.05) is 45.0 Å². The van der Waals surface area contributed by atoms with Crippen LogP contribution in [0.5, 0.6) is 0 Å². The molecule has 37 heavy (non-hydrogen) atoms. The van der Waals surface area contributed by atoms with Gasteiger partial charge in [0.25, 0.3) is 5.91 Å². The van der Waals surface area contributed by atoms with Crippen molar-refractivity contribution in [3.05, 3.63) is 29.8 Å². The van der Waals surface area contributed by atoms with Crippen LogP contribution in [0, 0.1) is 11.8 Å². The van der Waals surface area contributed by atoms with E-state index in [9.17, 15) is 19.2 Å². The molecule has 8 nitrogen and oxygen atoms in total. The molecule has 1 aromatic carbocycles. The minimum atomic E-state index is -0.720. The number of benzene rings is 1. The molecule has 3 heterocycles. The lowest BCUT2D eigenvalue weighted by atomic mass is 10.0. The summed E-state index contributed by atoms with van der Waals surface area (Å²) in [7, 11) is 0. The number of hydrogen-bond acceptors (Lipinski definition) is 5. The van der Waals surface area contributed by atoms with Crippen molar-refractivity contribution >= 4 is 29.2 Å². The molecule has 3 saturated heterocycles. The number of amides is 3. The van der Waals surface area contributed by atoms with E-state index in [1.165, 1.54) is 12.8 Å². The van der Waals surface area contributed by atoms with Gasteiger partial charge in [-0.15, -0.1) is 0 Å². The van der Waals surface area contributed by atoms with Gasteiger partial charge in [0.1, 0.15) is 12.1 Å². The fourth-order valence-electron chi connectivity index (χ4n) is 5.88. The average Bonchev–Trinajstić information content (AvgIpc) is 3.62. The molecule has 0 bridgehead atoms. The van der Waals surface area contributed by atoms with E-state index in [0.29, 0.717) is 31.4 Å². The number of anilines is 1. The number of fused-ring (bicyclic) bond motifs is 1. The first-order chi connectivity index (χ1) is 17.7. The smallest absolute Gasteiger partial charge is 0.251 e. The molecule has 3 fully saturated rings. The zero-order valence-corrected chi connectivity index (χ0v) is 22.7. The normalized spacial score (nSPS) is 22.9. The summed E-state index contributed by atoms with van der Waals surface area (Å²) in [5, 5.41) is 2.96. The largest absolute Gasteiger partial charge is 0.372 e. The molecule has 0 spiro atoms. The molecular formula is C29H42N4O4. The first-order valence-electron chi connectivity index (χ1n) is 14.0. The summed E-state index contributed by atoms with van der Waals surface area (Å²) < 4.78 is 0. The van der Waals surface area contributed by atoms with E-state index in [2.05, 4.69) is 17.1 Å². The third kappa shape index (κ3) is 5.99. The minimum absolute atomic E-state index is 0.00564. The van der Waals surface area contributed by atoms with Gasteiger partial charge in [0.05, 0.1) is 12.6 Å². The Morgan fingerprint density at radius 2 is 1.68 bits per heavy atom. The minimum Gasteiger partial charge on any atom is -0.372 e. The number of hydrogen-bond donors (Lipinski definition) is 1. The summed E-state index contributed by atoms with van der Waals surface area (Å²) in [6.07, 6.45) is 4.77. The highest BCUT2D eigenvalue weighted by atomic mass is 16.2. The summed E-state index contributed by atoms with van der Waals surface area (Å²) in [5.74, 6) is -0.165. The molecule has 4 atom stereocenters. The quantitative estimate of drug-likeness (QED) is 0.551. The molecule has 202 valence electrons. The summed E-state index contributed by atoms with van der Waals surface area (Å²) >= 11 is 0. The molecule has 0 radical (unpaired) electrons. The SMILES string of the molecule is CCC(C)CC(=O)N1CC(=O)C2C1CCN2C(=O)C(CC(C)C)NC(=O)c1ccc(N2CCCC2)cc1. The monoisotopic (exact) mass is 510 g/mol. The number of likely N-dealkylation sites (tertiary alicyclic amines) is 2. The van der Waals surface area contributed by atoms with Crippen molar-refractivity contribution < 1.29 is 19.2 Å². The average molecular weight is 511 g/mol. The zero-order valence-electron chi connectivity index (χ0n) is 22.7. The Morgan fingerprint density at radius 3 is 2.30 bits per heavy atom. The van der Waals surface area contributed by atoms with Crippen LogP contribution in [0.2, 0.25) is 0 Å². The Morgan fingerprint density at radius 1 is 1.00 bits per heavy atom. The lowest BCUT2D eigenvalue weighted by molar-refractivity contribution is -0.138. The second-order valence-electron chi connectivity index (χ2n) is 11.4. The highest BCUT2D eigenvalue weighted by Gasteiger charge is 2.52. The van der Waals surface area contributed by atoms with Gasteiger partial charge in [-0.1, -0.05) is 34.1 Å². The molecule has 3 aliphatic heterocycles. The first-order valence-corrected chi connectivity index (χ1v) is 14.0. The van der Waals surface area contributed by atoms with Crippen molar-refractivity contribution in [2.45, 2.75) is 84.3 Å². The third-order valence-electron chi connectivity index (χ3n) is 8.16.